The summed E-state index contributed by atoms with van der Waals surface area (Å²) in [6, 6.07) is 5.60. The minimum atomic E-state index is 0.00896. The molecule has 19 heavy (non-hydrogen) atoms. The van der Waals surface area contributed by atoms with Gasteiger partial charge in [-0.15, -0.1) is 0 Å². The van der Waals surface area contributed by atoms with Crippen LogP contribution < -0.4 is 16.0 Å². The van der Waals surface area contributed by atoms with Crippen LogP contribution in [0.4, 0.5) is 5.69 Å². The molecule has 0 aromatic heterocycles. The number of halogens is 1. The second kappa shape index (κ2) is 7.45. The Morgan fingerprint density at radius 1 is 1.53 bits per heavy atom. The first-order valence-electron chi connectivity index (χ1n) is 6.03. The molecule has 0 saturated carbocycles. The molecule has 0 spiro atoms. The number of rotatable bonds is 6. The van der Waals surface area contributed by atoms with Crippen molar-refractivity contribution in [3.63, 3.8) is 0 Å². The van der Waals surface area contributed by atoms with Gasteiger partial charge in [0.2, 0.25) is 5.91 Å². The normalized spacial score (nSPS) is 10.1. The van der Waals surface area contributed by atoms with E-state index in [4.69, 9.17) is 18.0 Å². The molecule has 1 aromatic rings. The maximum atomic E-state index is 11.7. The average Bonchev–Trinajstić information content (AvgIpc) is 2.35. The molecule has 0 atom stereocenters. The highest BCUT2D eigenvalue weighted by Gasteiger charge is 2.11. The third-order valence-corrected chi connectivity index (χ3v) is 3.47. The van der Waals surface area contributed by atoms with Crippen molar-refractivity contribution in [1.29, 1.82) is 0 Å². The van der Waals surface area contributed by atoms with Crippen LogP contribution >= 0.6 is 28.1 Å². The minimum absolute atomic E-state index is 0.00896. The number of amides is 1. The van der Waals surface area contributed by atoms with Gasteiger partial charge in [-0.3, -0.25) is 4.79 Å². The van der Waals surface area contributed by atoms with E-state index in [-0.39, 0.29) is 5.91 Å². The van der Waals surface area contributed by atoms with Crippen LogP contribution in [0.3, 0.4) is 0 Å². The number of thiocarbonyl (C=S) groups is 1. The molecule has 104 valence electrons. The fourth-order valence-electron chi connectivity index (χ4n) is 1.59. The van der Waals surface area contributed by atoms with Crippen LogP contribution in [0.2, 0.25) is 0 Å². The summed E-state index contributed by atoms with van der Waals surface area (Å²) in [5, 5.41) is 2.85. The SMILES string of the molecule is CCCNC(=O)CN(C)c1ccc(C(N)=S)cc1Br. The molecule has 0 aliphatic rings. The van der Waals surface area contributed by atoms with Gasteiger partial charge in [0, 0.05) is 23.6 Å². The van der Waals surface area contributed by atoms with Crippen LogP contribution in [0.25, 0.3) is 0 Å². The molecule has 0 aliphatic carbocycles. The van der Waals surface area contributed by atoms with Crippen molar-refractivity contribution < 1.29 is 4.79 Å². The van der Waals surface area contributed by atoms with Crippen LogP contribution in [0.5, 0.6) is 0 Å². The number of carbonyl (C=O) groups excluding carboxylic acids is 1. The first-order chi connectivity index (χ1) is 8.95. The van der Waals surface area contributed by atoms with E-state index in [2.05, 4.69) is 21.2 Å². The van der Waals surface area contributed by atoms with Gasteiger partial charge in [-0.1, -0.05) is 19.1 Å². The molecule has 0 bridgehead atoms. The summed E-state index contributed by atoms with van der Waals surface area (Å²) in [6.45, 7) is 3.04. The van der Waals surface area contributed by atoms with Gasteiger partial charge in [0.25, 0.3) is 0 Å². The van der Waals surface area contributed by atoms with Gasteiger partial charge in [-0.05, 0) is 40.5 Å². The van der Waals surface area contributed by atoms with Gasteiger partial charge >= 0.3 is 0 Å². The lowest BCUT2D eigenvalue weighted by atomic mass is 10.2. The molecule has 1 rings (SSSR count). The van der Waals surface area contributed by atoms with Crippen molar-refractivity contribution >= 4 is 44.7 Å². The highest BCUT2D eigenvalue weighted by molar-refractivity contribution is 9.10. The highest BCUT2D eigenvalue weighted by Crippen LogP contribution is 2.26. The second-order valence-electron chi connectivity index (χ2n) is 4.24. The number of anilines is 1. The van der Waals surface area contributed by atoms with E-state index in [0.29, 0.717) is 18.1 Å². The summed E-state index contributed by atoms with van der Waals surface area (Å²) in [4.78, 5) is 13.9. The number of benzene rings is 1. The van der Waals surface area contributed by atoms with E-state index >= 15 is 0 Å². The number of nitrogens with two attached hydrogens (primary N) is 1. The van der Waals surface area contributed by atoms with Crippen molar-refractivity contribution in [3.8, 4) is 0 Å². The summed E-state index contributed by atoms with van der Waals surface area (Å²) in [5.41, 5.74) is 7.30. The lowest BCUT2D eigenvalue weighted by Gasteiger charge is -2.20. The summed E-state index contributed by atoms with van der Waals surface area (Å²) >= 11 is 8.40. The number of nitrogens with zero attached hydrogens (tertiary/aromatic N) is 1. The molecule has 0 fully saturated rings. The second-order valence-corrected chi connectivity index (χ2v) is 5.53. The molecular weight excluding hydrogens is 326 g/mol. The van der Waals surface area contributed by atoms with Gasteiger partial charge < -0.3 is 16.0 Å². The minimum Gasteiger partial charge on any atom is -0.389 e. The molecule has 0 aliphatic heterocycles. The largest absolute Gasteiger partial charge is 0.389 e. The van der Waals surface area contributed by atoms with Gasteiger partial charge in [0.1, 0.15) is 4.99 Å². The van der Waals surface area contributed by atoms with Crippen LogP contribution in [-0.2, 0) is 4.79 Å². The van der Waals surface area contributed by atoms with Crippen molar-refractivity contribution in [3.05, 3.63) is 28.2 Å². The van der Waals surface area contributed by atoms with Crippen LogP contribution in [0, 0.1) is 0 Å². The molecule has 4 nitrogen and oxygen atoms in total. The summed E-state index contributed by atoms with van der Waals surface area (Å²) in [5.74, 6) is 0.00896. The fraction of sp³-hybridized carbons (Fsp3) is 0.385. The predicted molar refractivity (Wildman–Crippen MR) is 86.6 cm³/mol. The van der Waals surface area contributed by atoms with Crippen molar-refractivity contribution in [2.45, 2.75) is 13.3 Å². The molecule has 1 aromatic carbocycles. The zero-order valence-corrected chi connectivity index (χ0v) is 13.5. The summed E-state index contributed by atoms with van der Waals surface area (Å²) < 4.78 is 0.864. The van der Waals surface area contributed by atoms with E-state index in [1.807, 2.05) is 37.1 Å². The lowest BCUT2D eigenvalue weighted by Crippen LogP contribution is -2.35. The number of hydrogen-bond donors (Lipinski definition) is 2. The molecule has 3 N–H and O–H groups in total. The Hall–Kier alpha value is -1.14. The van der Waals surface area contributed by atoms with Crippen molar-refractivity contribution in [1.82, 2.24) is 5.32 Å². The fourth-order valence-corrected chi connectivity index (χ4v) is 2.40. The van der Waals surface area contributed by atoms with E-state index in [0.717, 1.165) is 22.1 Å². The number of hydrogen-bond acceptors (Lipinski definition) is 3. The maximum Gasteiger partial charge on any atom is 0.239 e. The molecule has 1 amide bonds. The van der Waals surface area contributed by atoms with Gasteiger partial charge in [-0.25, -0.2) is 0 Å². The number of carbonyl (C=O) groups is 1. The standard InChI is InChI=1S/C13H18BrN3OS/c1-3-6-16-12(18)8-17(2)11-5-4-9(13(15)19)7-10(11)14/h4-5,7H,3,6,8H2,1-2H3,(H2,15,19)(H,16,18). The van der Waals surface area contributed by atoms with Gasteiger partial charge in [0.15, 0.2) is 0 Å². The maximum absolute atomic E-state index is 11.7. The van der Waals surface area contributed by atoms with E-state index in [1.165, 1.54) is 0 Å². The smallest absolute Gasteiger partial charge is 0.239 e. The van der Waals surface area contributed by atoms with E-state index in [1.54, 1.807) is 0 Å². The average molecular weight is 344 g/mol. The van der Waals surface area contributed by atoms with E-state index < -0.39 is 0 Å². The molecule has 0 heterocycles. The Bertz CT molecular complexity index is 479. The molecule has 6 heteroatoms. The molecular formula is C13H18BrN3OS. The molecule has 0 radical (unpaired) electrons. The summed E-state index contributed by atoms with van der Waals surface area (Å²) in [6.07, 6.45) is 0.932. The van der Waals surface area contributed by atoms with Crippen LogP contribution in [0.1, 0.15) is 18.9 Å². The van der Waals surface area contributed by atoms with Gasteiger partial charge in [0.05, 0.1) is 12.2 Å². The molecule has 0 unspecified atom stereocenters. The Labute approximate surface area is 127 Å². The zero-order valence-electron chi connectivity index (χ0n) is 11.1. The van der Waals surface area contributed by atoms with Crippen molar-refractivity contribution in [2.24, 2.45) is 5.73 Å². The summed E-state index contributed by atoms with van der Waals surface area (Å²) in [7, 11) is 1.87. The van der Waals surface area contributed by atoms with E-state index in [9.17, 15) is 4.79 Å². The zero-order chi connectivity index (χ0) is 14.4. The topological polar surface area (TPSA) is 58.4 Å². The first-order valence-corrected chi connectivity index (χ1v) is 7.23. The van der Waals surface area contributed by atoms with Gasteiger partial charge in [-0.2, -0.15) is 0 Å². The lowest BCUT2D eigenvalue weighted by molar-refractivity contribution is -0.119. The van der Waals surface area contributed by atoms with Crippen LogP contribution in [0.15, 0.2) is 22.7 Å². The Morgan fingerprint density at radius 2 is 2.21 bits per heavy atom. The first kappa shape index (κ1) is 15.9. The third kappa shape index (κ3) is 4.80. The quantitative estimate of drug-likeness (QED) is 0.776. The third-order valence-electron chi connectivity index (χ3n) is 2.60. The predicted octanol–water partition coefficient (Wildman–Crippen LogP) is 2.05. The van der Waals surface area contributed by atoms with Crippen LogP contribution in [-0.4, -0.2) is 31.0 Å². The Morgan fingerprint density at radius 3 is 2.74 bits per heavy atom. The number of likely N-dealkylation sites (N-methyl/N-ethyl adjacent to an activating group) is 1. The van der Waals surface area contributed by atoms with Crippen molar-refractivity contribution in [2.75, 3.05) is 25.0 Å². The Kier molecular flexibility index (Phi) is 6.24. The molecule has 0 saturated heterocycles. The highest BCUT2D eigenvalue weighted by atomic mass is 79.9. The Balaban J connectivity index is 2.74. The monoisotopic (exact) mass is 343 g/mol. The number of nitrogens with one attached hydrogen (secondary N) is 1.